The molecule has 0 saturated heterocycles. The van der Waals surface area contributed by atoms with Crippen molar-refractivity contribution in [3.8, 4) is 0 Å². The van der Waals surface area contributed by atoms with Crippen molar-refractivity contribution in [3.63, 3.8) is 0 Å². The largest absolute Gasteiger partial charge is 2.00 e. The molecule has 0 aliphatic carbocycles. The monoisotopic (exact) mass is 352 g/mol. The van der Waals surface area contributed by atoms with Gasteiger partial charge in [-0.1, -0.05) is 0 Å². The van der Waals surface area contributed by atoms with Crippen LogP contribution >= 0.6 is 7.82 Å². The molecule has 0 spiro atoms. The molecule has 14 heteroatoms. The van der Waals surface area contributed by atoms with Crippen molar-refractivity contribution in [1.29, 1.82) is 0 Å². The van der Waals surface area contributed by atoms with Gasteiger partial charge in [-0.25, -0.2) is 4.57 Å². The Balaban J connectivity index is -0.00000000427. The molecule has 0 heterocycles. The second-order valence-corrected chi connectivity index (χ2v) is 2.88. The van der Waals surface area contributed by atoms with Crippen molar-refractivity contribution in [1.82, 2.24) is 0 Å². The summed E-state index contributed by atoms with van der Waals surface area (Å²) < 4.78 is 40.5. The van der Waals surface area contributed by atoms with E-state index in [1.807, 2.05) is 0 Å². The topological polar surface area (TPSA) is 152 Å². The second-order valence-electron chi connectivity index (χ2n) is 0.961. The fraction of sp³-hybridized carbons (Fsp3) is 0. The molecule has 0 aromatic heterocycles. The van der Waals surface area contributed by atoms with Crippen molar-refractivity contribution in [3.05, 3.63) is 0 Å². The third-order valence-corrected chi connectivity index (χ3v) is 0. The Morgan fingerprint density at radius 2 is 0.929 bits per heavy atom. The molecule has 8 nitrogen and oxygen atoms in total. The molecular weight excluding hydrogens is 338 g/mol. The SMILES string of the molecule is O=P(O)(O)O.O=S(=O)(O)O.[AlH3].[Ca+2].[Ca+2].[Ca+2].[H-].[H-].[H-].[H-].[H-].[H-]. The van der Waals surface area contributed by atoms with Crippen molar-refractivity contribution >= 4 is 149 Å². The molecular formula is H14AlCa3O8PS. The van der Waals surface area contributed by atoms with Crippen LogP contribution in [0.15, 0.2) is 0 Å². The first-order valence-electron chi connectivity index (χ1n) is 1.48. The van der Waals surface area contributed by atoms with Gasteiger partial charge >= 0.3 is 131 Å². The second kappa shape index (κ2) is 17.3. The Morgan fingerprint density at radius 3 is 0.929 bits per heavy atom. The van der Waals surface area contributed by atoms with Crippen LogP contribution in [0.5, 0.6) is 0 Å². The van der Waals surface area contributed by atoms with Gasteiger partial charge in [-0.15, -0.1) is 0 Å². The summed E-state index contributed by atoms with van der Waals surface area (Å²) in [5.74, 6) is 0. The van der Waals surface area contributed by atoms with Gasteiger partial charge in [-0.2, -0.15) is 8.42 Å². The van der Waals surface area contributed by atoms with Crippen LogP contribution in [-0.2, 0) is 15.0 Å². The molecule has 0 unspecified atom stereocenters. The summed E-state index contributed by atoms with van der Waals surface area (Å²) in [5.41, 5.74) is 0. The molecule has 0 atom stereocenters. The average molecular weight is 352 g/mol. The third-order valence-electron chi connectivity index (χ3n) is 0. The van der Waals surface area contributed by atoms with Crippen molar-refractivity contribution < 1.29 is 45.3 Å². The van der Waals surface area contributed by atoms with Crippen LogP contribution in [0, 0.1) is 0 Å². The van der Waals surface area contributed by atoms with Crippen molar-refractivity contribution in [2.24, 2.45) is 0 Å². The first kappa shape index (κ1) is 36.2. The Kier molecular flexibility index (Phi) is 44.7. The number of hydrogen-bond donors (Lipinski definition) is 5. The van der Waals surface area contributed by atoms with Crippen LogP contribution in [0.4, 0.5) is 0 Å². The molecule has 0 saturated carbocycles. The van der Waals surface area contributed by atoms with Gasteiger partial charge in [0.2, 0.25) is 0 Å². The van der Waals surface area contributed by atoms with Gasteiger partial charge in [0.05, 0.1) is 0 Å². The molecule has 82 valence electrons. The minimum absolute atomic E-state index is 0. The maximum absolute atomic E-state index is 8.88. The minimum atomic E-state index is -4.67. The summed E-state index contributed by atoms with van der Waals surface area (Å²) in [6.45, 7) is 0. The zero-order valence-corrected chi connectivity index (χ0v) is 14.8. The first-order chi connectivity index (χ1) is 4.00. The zero-order chi connectivity index (χ0) is 9.00. The van der Waals surface area contributed by atoms with Crippen LogP contribution < -0.4 is 0 Å². The number of hydrogen-bond acceptors (Lipinski definition) is 3. The van der Waals surface area contributed by atoms with E-state index in [2.05, 4.69) is 0 Å². The molecule has 0 aliphatic rings. The summed E-state index contributed by atoms with van der Waals surface area (Å²) in [5, 5.41) is 0. The molecule has 0 aromatic rings. The van der Waals surface area contributed by atoms with E-state index >= 15 is 0 Å². The van der Waals surface area contributed by atoms with Crippen LogP contribution in [0.25, 0.3) is 0 Å². The Labute approximate surface area is 190 Å². The summed E-state index contributed by atoms with van der Waals surface area (Å²) >= 11 is 0. The molecule has 0 bridgehead atoms. The van der Waals surface area contributed by atoms with E-state index in [1.54, 1.807) is 0 Å². The summed E-state index contributed by atoms with van der Waals surface area (Å²) in [6.07, 6.45) is 0. The summed E-state index contributed by atoms with van der Waals surface area (Å²) in [6, 6.07) is 0. The predicted octanol–water partition coefficient (Wildman–Crippen LogP) is -3.23. The molecule has 0 aromatic carbocycles. The molecule has 0 radical (unpaired) electrons. The van der Waals surface area contributed by atoms with Gasteiger partial charge < -0.3 is 23.2 Å². The van der Waals surface area contributed by atoms with E-state index in [-0.39, 0.29) is 139 Å². The fourth-order valence-electron chi connectivity index (χ4n) is 0. The van der Waals surface area contributed by atoms with Gasteiger partial charge in [0.15, 0.2) is 17.4 Å². The summed E-state index contributed by atoms with van der Waals surface area (Å²) in [4.78, 5) is 21.6. The molecule has 0 aliphatic heterocycles. The molecule has 14 heavy (non-hydrogen) atoms. The molecule has 5 N–H and O–H groups in total. The van der Waals surface area contributed by atoms with E-state index in [1.165, 1.54) is 0 Å². The maximum atomic E-state index is 8.88. The van der Waals surface area contributed by atoms with Crippen molar-refractivity contribution in [2.45, 2.75) is 0 Å². The zero-order valence-electron chi connectivity index (χ0n) is 12.4. The van der Waals surface area contributed by atoms with Gasteiger partial charge in [0.25, 0.3) is 0 Å². The van der Waals surface area contributed by atoms with Crippen molar-refractivity contribution in [2.75, 3.05) is 0 Å². The van der Waals surface area contributed by atoms with Gasteiger partial charge in [0.1, 0.15) is 0 Å². The summed E-state index contributed by atoms with van der Waals surface area (Å²) in [7, 11) is -9.31. The van der Waals surface area contributed by atoms with E-state index in [0.717, 1.165) is 0 Å². The maximum Gasteiger partial charge on any atom is 2.00 e. The van der Waals surface area contributed by atoms with E-state index in [9.17, 15) is 0 Å². The molecule has 0 fully saturated rings. The van der Waals surface area contributed by atoms with Gasteiger partial charge in [-0.05, 0) is 0 Å². The van der Waals surface area contributed by atoms with Crippen LogP contribution in [-0.4, -0.2) is 163 Å². The van der Waals surface area contributed by atoms with E-state index in [0.29, 0.717) is 0 Å². The van der Waals surface area contributed by atoms with Gasteiger partial charge in [0, 0.05) is 0 Å². The number of phosphoric acid groups is 1. The smallest absolute Gasteiger partial charge is 1.00 e. The Hall–Kier alpha value is 4.29. The standard InChI is InChI=1S/Al.3Ca.H3O4P.H2O4S.9H/c;;;;2*1-5(2,3)4;;;;;;;;;/h;;;;(H3,1,2,3,4);(H2,1,2,3,4);;;;;;;;;/q;3*+2;;;;;;6*-1. The normalized spacial score (nSPS) is 8.36. The molecule has 0 amide bonds. The predicted molar refractivity (Wildman–Crippen MR) is 62.3 cm³/mol. The van der Waals surface area contributed by atoms with Gasteiger partial charge in [-0.3, -0.25) is 9.11 Å². The first-order valence-corrected chi connectivity index (χ1v) is 4.44. The third kappa shape index (κ3) is 207. The molecule has 0 rings (SSSR count). The van der Waals surface area contributed by atoms with Crippen LogP contribution in [0.3, 0.4) is 0 Å². The Bertz CT molecular complexity index is 220. The van der Waals surface area contributed by atoms with Crippen LogP contribution in [0.2, 0.25) is 0 Å². The average Bonchev–Trinajstić information content (AvgIpc) is 1.12. The Morgan fingerprint density at radius 1 is 0.929 bits per heavy atom. The quantitative estimate of drug-likeness (QED) is 0.173. The van der Waals surface area contributed by atoms with Crippen LogP contribution in [0.1, 0.15) is 8.56 Å². The van der Waals surface area contributed by atoms with E-state index in [4.69, 9.17) is 36.8 Å². The van der Waals surface area contributed by atoms with E-state index < -0.39 is 18.2 Å². The minimum Gasteiger partial charge on any atom is -1.00 e. The number of rotatable bonds is 0. The fourth-order valence-corrected chi connectivity index (χ4v) is 0.